The van der Waals surface area contributed by atoms with E-state index in [0.29, 0.717) is 0 Å². The van der Waals surface area contributed by atoms with Gasteiger partial charge < -0.3 is 19.2 Å². The largest absolute Gasteiger partial charge is 0.388 e. The van der Waals surface area contributed by atoms with Crippen LogP contribution in [0.1, 0.15) is 11.4 Å². The molecular weight excluding hydrogens is 505 g/mol. The van der Waals surface area contributed by atoms with Crippen LogP contribution in [0.4, 0.5) is 11.6 Å². The Hall–Kier alpha value is -1.36. The Labute approximate surface area is 170 Å². The molecule has 2 aromatic rings. The molecule has 2 fully saturated rings. The summed E-state index contributed by atoms with van der Waals surface area (Å²) in [5.74, 6) is 2.06. The van der Waals surface area contributed by atoms with E-state index in [2.05, 4.69) is 70.7 Å². The number of rotatable bonds is 0. The average Bonchev–Trinajstić information content (AvgIpc) is 3.29. The number of pyridine rings is 2. The van der Waals surface area contributed by atoms with E-state index in [-0.39, 0.29) is 21.1 Å². The molecular formula is C17H20B2N6Pt. The molecule has 3 aliphatic rings. The molecule has 2 saturated heterocycles. The second kappa shape index (κ2) is 7.71. The number of hydrogen-bond acceptors (Lipinski definition) is 6. The smallest absolute Gasteiger partial charge is 0.353 e. The van der Waals surface area contributed by atoms with E-state index >= 15 is 0 Å². The van der Waals surface area contributed by atoms with Gasteiger partial charge in [-0.2, -0.15) is 0 Å². The number of anilines is 2. The Morgan fingerprint density at radius 3 is 1.62 bits per heavy atom. The number of hydrogen-bond donors (Lipinski definition) is 0. The molecule has 0 aromatic carbocycles. The van der Waals surface area contributed by atoms with Crippen molar-refractivity contribution >= 4 is 26.7 Å². The van der Waals surface area contributed by atoms with E-state index in [9.17, 15) is 0 Å². The van der Waals surface area contributed by atoms with Gasteiger partial charge in [-0.05, 0) is 24.3 Å². The Morgan fingerprint density at radius 2 is 1.12 bits per heavy atom. The van der Waals surface area contributed by atoms with Crippen molar-refractivity contribution in [2.45, 2.75) is 6.42 Å². The Morgan fingerprint density at radius 1 is 0.654 bits per heavy atom. The van der Waals surface area contributed by atoms with Gasteiger partial charge in [0, 0.05) is 78.1 Å². The third kappa shape index (κ3) is 3.68. The molecule has 6 nitrogen and oxygen atoms in total. The summed E-state index contributed by atoms with van der Waals surface area (Å²) in [4.78, 5) is 19.0. The quantitative estimate of drug-likeness (QED) is 0.464. The van der Waals surface area contributed by atoms with E-state index in [0.717, 1.165) is 68.7 Å². The van der Waals surface area contributed by atoms with Crippen molar-refractivity contribution in [3.63, 3.8) is 0 Å². The molecule has 134 valence electrons. The van der Waals surface area contributed by atoms with E-state index in [1.807, 2.05) is 0 Å². The zero-order valence-electron chi connectivity index (χ0n) is 14.6. The maximum Gasteiger partial charge on any atom is 0.353 e. The van der Waals surface area contributed by atoms with Gasteiger partial charge in [-0.1, -0.05) is 12.1 Å². The summed E-state index contributed by atoms with van der Waals surface area (Å²) >= 11 is 0. The van der Waals surface area contributed by atoms with Gasteiger partial charge in [-0.3, -0.25) is 0 Å². The van der Waals surface area contributed by atoms with Gasteiger partial charge in [0.25, 0.3) is 0 Å². The Balaban J connectivity index is 0.00000168. The van der Waals surface area contributed by atoms with Crippen molar-refractivity contribution in [3.05, 3.63) is 47.8 Å². The standard InChI is InChI=1S/C17H20B2N6.Pt/c1-3-14-13-15-4-2-6-17(21-15)25-12-10-23(19-25)8-7-22-9-11-24(18-22)16(5-1)20-14;/h1-6H,7-13H2;. The minimum atomic E-state index is 0. The van der Waals surface area contributed by atoms with Crippen LogP contribution < -0.4 is 9.62 Å². The third-order valence-electron chi connectivity index (χ3n) is 5.07. The first kappa shape index (κ1) is 18.0. The number of fused-ring (bicyclic) bond motifs is 10. The molecule has 26 heavy (non-hydrogen) atoms. The molecule has 8 bridgehead atoms. The Kier molecular flexibility index (Phi) is 5.34. The zero-order chi connectivity index (χ0) is 16.6. The predicted octanol–water partition coefficient (Wildman–Crippen LogP) is 0.391. The van der Waals surface area contributed by atoms with E-state index < -0.39 is 0 Å². The second-order valence-corrected chi connectivity index (χ2v) is 6.84. The summed E-state index contributed by atoms with van der Waals surface area (Å²) in [7, 11) is 4.44. The van der Waals surface area contributed by atoms with Crippen LogP contribution in [0.25, 0.3) is 0 Å². The van der Waals surface area contributed by atoms with Crippen LogP contribution in [0.3, 0.4) is 0 Å². The molecule has 0 saturated carbocycles. The molecule has 2 atom stereocenters. The maximum atomic E-state index is 4.86. The van der Waals surface area contributed by atoms with Crippen LogP contribution >= 0.6 is 0 Å². The SMILES string of the molecule is [B]1N2CCN3[B]N(CC3)c3cccc(n3)Cc3cccc(n3)N1CC2.[Pt]. The van der Waals surface area contributed by atoms with Crippen molar-refractivity contribution in [2.24, 2.45) is 0 Å². The van der Waals surface area contributed by atoms with Crippen LogP contribution in [0.2, 0.25) is 0 Å². The van der Waals surface area contributed by atoms with Crippen molar-refractivity contribution in [3.8, 4) is 0 Å². The van der Waals surface area contributed by atoms with Crippen molar-refractivity contribution in [2.75, 3.05) is 48.9 Å². The molecule has 3 aliphatic heterocycles. The van der Waals surface area contributed by atoms with Gasteiger partial charge in [0.15, 0.2) is 0 Å². The van der Waals surface area contributed by atoms with Gasteiger partial charge in [-0.15, -0.1) is 0 Å². The van der Waals surface area contributed by atoms with Gasteiger partial charge in [-0.25, -0.2) is 9.97 Å². The number of nitrogens with zero attached hydrogens (tertiary/aromatic N) is 6. The van der Waals surface area contributed by atoms with Crippen molar-refractivity contribution in [1.29, 1.82) is 0 Å². The fraction of sp³-hybridized carbons (Fsp3) is 0.412. The first-order chi connectivity index (χ1) is 12.3. The van der Waals surface area contributed by atoms with Gasteiger partial charge in [0.1, 0.15) is 11.6 Å². The fourth-order valence-electron chi connectivity index (χ4n) is 3.68. The van der Waals surface area contributed by atoms with Crippen LogP contribution in [0.5, 0.6) is 0 Å². The molecule has 5 heterocycles. The third-order valence-corrected chi connectivity index (χ3v) is 5.07. The summed E-state index contributed by atoms with van der Waals surface area (Å²) < 4.78 is 0. The molecule has 0 spiro atoms. The fourth-order valence-corrected chi connectivity index (χ4v) is 3.68. The maximum absolute atomic E-state index is 4.86. The van der Waals surface area contributed by atoms with Gasteiger partial charge in [0.05, 0.1) is 0 Å². The molecule has 9 heteroatoms. The summed E-state index contributed by atoms with van der Waals surface area (Å²) in [6.07, 6.45) is 0.761. The normalized spacial score (nSPS) is 24.0. The average molecular weight is 525 g/mol. The van der Waals surface area contributed by atoms with Crippen molar-refractivity contribution < 1.29 is 21.1 Å². The molecule has 2 aromatic heterocycles. The first-order valence-corrected chi connectivity index (χ1v) is 8.97. The Bertz CT molecular complexity index is 715. The van der Waals surface area contributed by atoms with E-state index in [4.69, 9.17) is 9.97 Å². The zero-order valence-corrected chi connectivity index (χ0v) is 16.8. The minimum absolute atomic E-state index is 0. The first-order valence-electron chi connectivity index (χ1n) is 8.97. The molecule has 2 unspecified atom stereocenters. The van der Waals surface area contributed by atoms with Crippen LogP contribution in [-0.2, 0) is 27.5 Å². The van der Waals surface area contributed by atoms with Gasteiger partial charge >= 0.3 is 15.1 Å². The molecule has 5 rings (SSSR count). The summed E-state index contributed by atoms with van der Waals surface area (Å²) in [5.41, 5.74) is 2.13. The molecule has 0 aliphatic carbocycles. The summed E-state index contributed by atoms with van der Waals surface area (Å²) in [6, 6.07) is 12.6. The summed E-state index contributed by atoms with van der Waals surface area (Å²) in [5, 5.41) is 0. The molecule has 0 amide bonds. The molecule has 0 N–H and O–H groups in total. The van der Waals surface area contributed by atoms with E-state index in [1.165, 1.54) is 0 Å². The van der Waals surface area contributed by atoms with Crippen LogP contribution in [0.15, 0.2) is 36.4 Å². The monoisotopic (exact) mass is 525 g/mol. The van der Waals surface area contributed by atoms with E-state index in [1.54, 1.807) is 0 Å². The second-order valence-electron chi connectivity index (χ2n) is 6.84. The van der Waals surface area contributed by atoms with Crippen molar-refractivity contribution in [1.82, 2.24) is 19.6 Å². The predicted molar refractivity (Wildman–Crippen MR) is 101 cm³/mol. The minimum Gasteiger partial charge on any atom is -0.388 e. The topological polar surface area (TPSA) is 38.7 Å². The molecule has 2 radical (unpaired) electrons. The summed E-state index contributed by atoms with van der Waals surface area (Å²) in [6.45, 7) is 6.19. The van der Waals surface area contributed by atoms with Crippen LogP contribution in [-0.4, -0.2) is 74.0 Å². The number of aromatic nitrogens is 2. The van der Waals surface area contributed by atoms with Crippen LogP contribution in [0, 0.1) is 0 Å². The van der Waals surface area contributed by atoms with Gasteiger partial charge in [0.2, 0.25) is 0 Å².